The molecule has 0 amide bonds. The number of hydrogen-bond donors (Lipinski definition) is 1. The summed E-state index contributed by atoms with van der Waals surface area (Å²) >= 11 is 13.8. The summed E-state index contributed by atoms with van der Waals surface area (Å²) in [5.74, 6) is 0. The van der Waals surface area contributed by atoms with E-state index in [1.54, 1.807) is 11.8 Å². The van der Waals surface area contributed by atoms with Gasteiger partial charge in [-0.3, -0.25) is 5.20 Å². The van der Waals surface area contributed by atoms with Gasteiger partial charge in [0, 0.05) is 0 Å². The fraction of sp³-hybridized carbons (Fsp3) is 0.500. The topological polar surface area (TPSA) is 24.4 Å². The van der Waals surface area contributed by atoms with Crippen LogP contribution >= 0.6 is 39.1 Å². The SMILES string of the molecule is CSC1=NNP(=S)(Cl)S1. The van der Waals surface area contributed by atoms with Crippen molar-refractivity contribution >= 4 is 55.3 Å². The molecule has 1 aliphatic rings. The highest BCUT2D eigenvalue weighted by molar-refractivity contribution is 8.86. The van der Waals surface area contributed by atoms with E-state index in [-0.39, 0.29) is 0 Å². The molecule has 9 heavy (non-hydrogen) atoms. The first-order chi connectivity index (χ1) is 4.14. The van der Waals surface area contributed by atoms with Gasteiger partial charge in [0.2, 0.25) is 0 Å². The molecule has 1 aliphatic heterocycles. The molecule has 0 saturated carbocycles. The smallest absolute Gasteiger partial charge is 0.194 e. The van der Waals surface area contributed by atoms with Crippen molar-refractivity contribution in [3.8, 4) is 0 Å². The number of nitrogens with zero attached hydrogens (tertiary/aromatic N) is 1. The van der Waals surface area contributed by atoms with Crippen molar-refractivity contribution in [3.63, 3.8) is 0 Å². The van der Waals surface area contributed by atoms with Gasteiger partial charge in [-0.2, -0.15) is 5.10 Å². The van der Waals surface area contributed by atoms with Crippen molar-refractivity contribution in [1.29, 1.82) is 0 Å². The monoisotopic (exact) mass is 218 g/mol. The van der Waals surface area contributed by atoms with E-state index in [1.807, 2.05) is 6.26 Å². The summed E-state index contributed by atoms with van der Waals surface area (Å²) in [5, 5.41) is 6.63. The lowest BCUT2D eigenvalue weighted by Gasteiger charge is -1.99. The highest BCUT2D eigenvalue weighted by atomic mass is 35.7. The van der Waals surface area contributed by atoms with Crippen LogP contribution in [0.3, 0.4) is 0 Å². The van der Waals surface area contributed by atoms with E-state index in [9.17, 15) is 0 Å². The second-order valence-electron chi connectivity index (χ2n) is 1.25. The van der Waals surface area contributed by atoms with Gasteiger partial charge in [-0.1, -0.05) is 0 Å². The largest absolute Gasteiger partial charge is 0.258 e. The highest BCUT2D eigenvalue weighted by Crippen LogP contribution is 2.64. The number of thioether (sulfide) groups is 1. The fourth-order valence-electron chi connectivity index (χ4n) is 0.325. The molecule has 0 bridgehead atoms. The first kappa shape index (κ1) is 8.21. The van der Waals surface area contributed by atoms with Crippen molar-refractivity contribution < 1.29 is 0 Å². The molecule has 7 heteroatoms. The molecule has 0 saturated heterocycles. The Bertz CT molecular complexity index is 192. The normalized spacial score (nSPS) is 33.8. The summed E-state index contributed by atoms with van der Waals surface area (Å²) in [6.45, 7) is 0. The van der Waals surface area contributed by atoms with Crippen LogP contribution in [0, 0.1) is 0 Å². The third kappa shape index (κ3) is 2.31. The summed E-state index contributed by atoms with van der Waals surface area (Å²) in [6, 6.07) is 0. The van der Waals surface area contributed by atoms with E-state index in [0.717, 1.165) is 4.38 Å². The molecule has 1 atom stereocenters. The molecule has 52 valence electrons. The molecule has 0 radical (unpaired) electrons. The van der Waals surface area contributed by atoms with Gasteiger partial charge in [-0.05, 0) is 40.7 Å². The molecule has 1 rings (SSSR count). The fourth-order valence-corrected chi connectivity index (χ4v) is 6.34. The van der Waals surface area contributed by atoms with E-state index >= 15 is 0 Å². The minimum Gasteiger partial charge on any atom is -0.258 e. The summed E-state index contributed by atoms with van der Waals surface area (Å²) in [6.07, 6.45) is 1.95. The zero-order chi connectivity index (χ0) is 6.91. The van der Waals surface area contributed by atoms with E-state index in [0.29, 0.717) is 0 Å². The first-order valence-corrected chi connectivity index (χ1v) is 8.38. The molecule has 0 fully saturated rings. The average molecular weight is 219 g/mol. The van der Waals surface area contributed by atoms with Crippen molar-refractivity contribution in [3.05, 3.63) is 0 Å². The number of rotatable bonds is 0. The highest BCUT2D eigenvalue weighted by Gasteiger charge is 2.22. The summed E-state index contributed by atoms with van der Waals surface area (Å²) < 4.78 is -0.930. The van der Waals surface area contributed by atoms with Crippen LogP contribution in [0.15, 0.2) is 5.10 Å². The summed E-state index contributed by atoms with van der Waals surface area (Å²) in [4.78, 5) is 0. The second-order valence-corrected chi connectivity index (χ2v) is 11.3. The Balaban J connectivity index is 2.60. The van der Waals surface area contributed by atoms with Gasteiger partial charge >= 0.3 is 0 Å². The van der Waals surface area contributed by atoms with E-state index < -0.39 is 4.74 Å². The molecule has 0 spiro atoms. The molecule has 0 aromatic carbocycles. The first-order valence-electron chi connectivity index (χ1n) is 2.02. The van der Waals surface area contributed by atoms with E-state index in [4.69, 9.17) is 23.0 Å². The maximum atomic E-state index is 5.79. The van der Waals surface area contributed by atoms with Gasteiger partial charge < -0.3 is 0 Å². The Morgan fingerprint density at radius 1 is 2.00 bits per heavy atom. The van der Waals surface area contributed by atoms with Gasteiger partial charge in [0.05, 0.1) is 0 Å². The number of hydrogen-bond acceptors (Lipinski definition) is 4. The van der Waals surface area contributed by atoms with Crippen LogP contribution in [-0.4, -0.2) is 10.6 Å². The van der Waals surface area contributed by atoms with Crippen molar-refractivity contribution in [2.24, 2.45) is 5.10 Å². The van der Waals surface area contributed by atoms with Crippen LogP contribution in [0.4, 0.5) is 0 Å². The van der Waals surface area contributed by atoms with Gasteiger partial charge in [-0.15, -0.1) is 11.8 Å². The molecule has 1 heterocycles. The third-order valence-electron chi connectivity index (χ3n) is 0.631. The quantitative estimate of drug-likeness (QED) is 0.632. The lowest BCUT2D eigenvalue weighted by molar-refractivity contribution is 1.13. The maximum Gasteiger partial charge on any atom is 0.194 e. The van der Waals surface area contributed by atoms with E-state index in [2.05, 4.69) is 10.3 Å². The Hall–Kier alpha value is 1.11. The average Bonchev–Trinajstić information content (AvgIpc) is 2.10. The Kier molecular flexibility index (Phi) is 2.75. The van der Waals surface area contributed by atoms with Crippen LogP contribution in [0.25, 0.3) is 0 Å². The van der Waals surface area contributed by atoms with Crippen LogP contribution in [0.1, 0.15) is 0 Å². The zero-order valence-electron chi connectivity index (χ0n) is 4.50. The zero-order valence-corrected chi connectivity index (χ0v) is 8.60. The van der Waals surface area contributed by atoms with Crippen LogP contribution < -0.4 is 5.20 Å². The van der Waals surface area contributed by atoms with Gasteiger partial charge in [0.25, 0.3) is 0 Å². The van der Waals surface area contributed by atoms with Crippen LogP contribution in [0.2, 0.25) is 0 Å². The molecule has 0 aromatic heterocycles. The Labute approximate surface area is 71.8 Å². The molecule has 1 unspecified atom stereocenters. The molecule has 0 aromatic rings. The maximum absolute atomic E-state index is 5.79. The van der Waals surface area contributed by atoms with Crippen molar-refractivity contribution in [2.75, 3.05) is 6.26 Å². The van der Waals surface area contributed by atoms with Gasteiger partial charge in [0.15, 0.2) is 9.12 Å². The minimum absolute atomic E-state index is 0.938. The molecular weight excluding hydrogens is 215 g/mol. The second kappa shape index (κ2) is 3.01. The predicted molar refractivity (Wildman–Crippen MR) is 51.8 cm³/mol. The molecule has 2 nitrogen and oxygen atoms in total. The number of halogens is 1. The van der Waals surface area contributed by atoms with Gasteiger partial charge in [0.1, 0.15) is 0 Å². The Morgan fingerprint density at radius 2 is 2.67 bits per heavy atom. The van der Waals surface area contributed by atoms with E-state index in [1.165, 1.54) is 11.4 Å². The van der Waals surface area contributed by atoms with Crippen molar-refractivity contribution in [1.82, 2.24) is 5.20 Å². The third-order valence-corrected chi connectivity index (χ3v) is 6.25. The lowest BCUT2D eigenvalue weighted by Crippen LogP contribution is -1.85. The van der Waals surface area contributed by atoms with Crippen LogP contribution in [0.5, 0.6) is 0 Å². The van der Waals surface area contributed by atoms with Gasteiger partial charge in [-0.25, -0.2) is 0 Å². The molecular formula is C2H4ClN2PS3. The minimum atomic E-state index is -1.87. The molecule has 0 aliphatic carbocycles. The lowest BCUT2D eigenvalue weighted by atomic mass is 11.6. The Morgan fingerprint density at radius 3 is 2.89 bits per heavy atom. The number of nitrogens with one attached hydrogen (secondary N) is 1. The predicted octanol–water partition coefficient (Wildman–Crippen LogP) is 2.42. The number of hydrazone groups is 1. The standard InChI is InChI=1S/C2H4ClN2PS3/c1-8-2-4-5-6(3,7)9-2/h1H3,(H,5,7). The van der Waals surface area contributed by atoms with Crippen molar-refractivity contribution in [2.45, 2.75) is 0 Å². The summed E-state index contributed by atoms with van der Waals surface area (Å²) in [5.41, 5.74) is 0. The van der Waals surface area contributed by atoms with Crippen LogP contribution in [-0.2, 0) is 11.8 Å². The summed E-state index contributed by atoms with van der Waals surface area (Å²) in [7, 11) is 0. The molecule has 1 N–H and O–H groups in total.